The zero-order chi connectivity index (χ0) is 23.9. The third-order valence-corrected chi connectivity index (χ3v) is 7.15. The number of fused-ring (bicyclic) bond motifs is 1. The van der Waals surface area contributed by atoms with Gasteiger partial charge in [0.05, 0.1) is 11.3 Å². The summed E-state index contributed by atoms with van der Waals surface area (Å²) in [6, 6.07) is 26.5. The number of nitrogens with zero attached hydrogens (tertiary/aromatic N) is 3. The largest absolute Gasteiger partial charge is 0.367 e. The summed E-state index contributed by atoms with van der Waals surface area (Å²) in [6.45, 7) is 5.61. The van der Waals surface area contributed by atoms with Gasteiger partial charge in [-0.1, -0.05) is 54.6 Å². The molecule has 1 N–H and O–H groups in total. The van der Waals surface area contributed by atoms with Crippen molar-refractivity contribution in [2.75, 3.05) is 49.5 Å². The first-order valence-corrected chi connectivity index (χ1v) is 12.8. The Morgan fingerprint density at radius 2 is 1.63 bits per heavy atom. The Morgan fingerprint density at radius 1 is 0.886 bits per heavy atom. The number of nitrogens with one attached hydrogen (secondary N) is 1. The molecule has 0 saturated carbocycles. The number of benzene rings is 3. The van der Waals surface area contributed by atoms with Gasteiger partial charge in [0.25, 0.3) is 0 Å². The minimum atomic E-state index is -0.139. The monoisotopic (exact) mass is 486 g/mol. The van der Waals surface area contributed by atoms with E-state index in [4.69, 9.17) is 9.11 Å². The summed E-state index contributed by atoms with van der Waals surface area (Å²) in [5, 5.41) is 4.17. The summed E-state index contributed by atoms with van der Waals surface area (Å²) in [5.41, 5.74) is 3.13. The molecule has 0 unspecified atom stereocenters. The van der Waals surface area contributed by atoms with E-state index in [2.05, 4.69) is 51.5 Å². The minimum Gasteiger partial charge on any atom is -0.367 e. The number of hydrogen-bond acceptors (Lipinski definition) is 6. The van der Waals surface area contributed by atoms with Crippen LogP contribution in [0.4, 0.5) is 11.5 Å². The van der Waals surface area contributed by atoms with Gasteiger partial charge in [0.15, 0.2) is 0 Å². The minimum absolute atomic E-state index is 0.0410. The maximum absolute atomic E-state index is 12.2. The highest BCUT2D eigenvalue weighted by atomic mass is 32.1. The van der Waals surface area contributed by atoms with Crippen LogP contribution >= 0.6 is 11.5 Å². The van der Waals surface area contributed by atoms with Crippen LogP contribution in [0, 0.1) is 0 Å². The van der Waals surface area contributed by atoms with E-state index in [0.29, 0.717) is 6.61 Å². The summed E-state index contributed by atoms with van der Waals surface area (Å²) in [7, 11) is 0. The molecular formula is C28H30N4O2S. The highest BCUT2D eigenvalue weighted by Gasteiger charge is 2.20. The molecule has 0 bridgehead atoms. The highest BCUT2D eigenvalue weighted by molar-refractivity contribution is 7.13. The molecule has 5 rings (SSSR count). The van der Waals surface area contributed by atoms with Crippen molar-refractivity contribution < 1.29 is 9.53 Å². The van der Waals surface area contributed by atoms with Gasteiger partial charge < -0.3 is 15.0 Å². The van der Waals surface area contributed by atoms with Gasteiger partial charge >= 0.3 is 0 Å². The van der Waals surface area contributed by atoms with Crippen LogP contribution in [0.25, 0.3) is 10.1 Å². The van der Waals surface area contributed by atoms with E-state index < -0.39 is 0 Å². The van der Waals surface area contributed by atoms with Crippen molar-refractivity contribution in [2.24, 2.45) is 0 Å². The molecule has 0 radical (unpaired) electrons. The van der Waals surface area contributed by atoms with Crippen molar-refractivity contribution in [3.05, 3.63) is 90.0 Å². The second kappa shape index (κ2) is 11.4. The third-order valence-electron chi connectivity index (χ3n) is 6.33. The van der Waals surface area contributed by atoms with E-state index in [1.807, 2.05) is 42.5 Å². The van der Waals surface area contributed by atoms with Crippen LogP contribution in [0.15, 0.2) is 78.9 Å². The highest BCUT2D eigenvalue weighted by Crippen LogP contribution is 2.29. The molecule has 1 fully saturated rings. The lowest BCUT2D eigenvalue weighted by molar-refractivity contribution is -0.121. The first-order chi connectivity index (χ1) is 17.2. The van der Waals surface area contributed by atoms with E-state index >= 15 is 0 Å². The van der Waals surface area contributed by atoms with Gasteiger partial charge in [0, 0.05) is 43.8 Å². The predicted octanol–water partition coefficient (Wildman–Crippen LogP) is 4.82. The van der Waals surface area contributed by atoms with Crippen molar-refractivity contribution >= 4 is 39.0 Å². The number of carbonyl (C=O) groups is 1. The Bertz CT molecular complexity index is 1230. The van der Waals surface area contributed by atoms with Crippen molar-refractivity contribution in [3.8, 4) is 0 Å². The second-order valence-corrected chi connectivity index (χ2v) is 9.61. The first kappa shape index (κ1) is 23.5. The van der Waals surface area contributed by atoms with E-state index in [1.165, 1.54) is 15.6 Å². The van der Waals surface area contributed by atoms with Crippen LogP contribution in [0.3, 0.4) is 0 Å². The molecule has 1 aliphatic heterocycles. The predicted molar refractivity (Wildman–Crippen MR) is 143 cm³/mol. The van der Waals surface area contributed by atoms with Gasteiger partial charge in [-0.05, 0) is 53.3 Å². The maximum atomic E-state index is 12.2. The van der Waals surface area contributed by atoms with Gasteiger partial charge in [-0.3, -0.25) is 9.69 Å². The number of aromatic nitrogens is 1. The molecule has 2 heterocycles. The van der Waals surface area contributed by atoms with Crippen molar-refractivity contribution in [2.45, 2.75) is 13.0 Å². The van der Waals surface area contributed by atoms with Crippen LogP contribution < -0.4 is 10.2 Å². The lowest BCUT2D eigenvalue weighted by Gasteiger charge is -2.35. The zero-order valence-electron chi connectivity index (χ0n) is 19.7. The molecule has 180 valence electrons. The molecule has 3 aromatic carbocycles. The van der Waals surface area contributed by atoms with Crippen LogP contribution in [0.1, 0.15) is 11.1 Å². The number of ether oxygens (including phenoxy) is 1. The molecule has 1 amide bonds. The Hall–Kier alpha value is -3.26. The topological polar surface area (TPSA) is 57.7 Å². The summed E-state index contributed by atoms with van der Waals surface area (Å²) >= 11 is 1.58. The smallest absolute Gasteiger partial charge is 0.250 e. The molecule has 6 nitrogen and oxygen atoms in total. The number of piperazine rings is 1. The van der Waals surface area contributed by atoms with Crippen LogP contribution in [0.2, 0.25) is 0 Å². The number of amides is 1. The van der Waals surface area contributed by atoms with E-state index in [1.54, 1.807) is 11.5 Å². The molecule has 0 spiro atoms. The Kier molecular flexibility index (Phi) is 7.68. The van der Waals surface area contributed by atoms with E-state index in [0.717, 1.165) is 56.2 Å². The Labute approximate surface area is 210 Å². The zero-order valence-corrected chi connectivity index (χ0v) is 20.5. The Morgan fingerprint density at radius 3 is 2.43 bits per heavy atom. The van der Waals surface area contributed by atoms with Gasteiger partial charge in [-0.25, -0.2) is 0 Å². The second-order valence-electron chi connectivity index (χ2n) is 8.80. The number of carbonyl (C=O) groups excluding carboxylic acids is 1. The molecule has 0 atom stereocenters. The molecule has 1 saturated heterocycles. The lowest BCUT2D eigenvalue weighted by atomic mass is 10.1. The fourth-order valence-corrected chi connectivity index (χ4v) is 5.15. The Balaban J connectivity index is 1.03. The maximum Gasteiger partial charge on any atom is 0.250 e. The third kappa shape index (κ3) is 6.25. The van der Waals surface area contributed by atoms with Gasteiger partial charge in [0.2, 0.25) is 5.91 Å². The molecule has 7 heteroatoms. The van der Waals surface area contributed by atoms with Crippen LogP contribution in [0.5, 0.6) is 0 Å². The van der Waals surface area contributed by atoms with Crippen molar-refractivity contribution in [1.29, 1.82) is 0 Å². The summed E-state index contributed by atoms with van der Waals surface area (Å²) in [6.07, 6.45) is 0.994. The van der Waals surface area contributed by atoms with Crippen LogP contribution in [-0.2, 0) is 22.6 Å². The quantitative estimate of drug-likeness (QED) is 0.368. The number of rotatable bonds is 9. The average molecular weight is 487 g/mol. The standard InChI is InChI=1S/C28H30N4O2S/c33-27(21-34-20-23-6-2-1-3-7-23)29-24-12-10-22(11-13-24)14-15-31-16-18-32(19-17-31)28-25-8-4-5-9-26(25)35-30-28/h1-13H,14-21H2,(H,29,33). The molecule has 1 aromatic heterocycles. The fraction of sp³-hybridized carbons (Fsp3) is 0.286. The normalized spacial score (nSPS) is 14.3. The SMILES string of the molecule is O=C(COCc1ccccc1)Nc1ccc(CCN2CCN(c3nsc4ccccc34)CC2)cc1. The van der Waals surface area contributed by atoms with E-state index in [-0.39, 0.29) is 12.5 Å². The summed E-state index contributed by atoms with van der Waals surface area (Å²) in [4.78, 5) is 17.1. The van der Waals surface area contributed by atoms with E-state index in [9.17, 15) is 4.79 Å². The van der Waals surface area contributed by atoms with Crippen molar-refractivity contribution in [3.63, 3.8) is 0 Å². The number of anilines is 2. The fourth-order valence-electron chi connectivity index (χ4n) is 4.36. The van der Waals surface area contributed by atoms with Gasteiger partial charge in [-0.2, -0.15) is 4.37 Å². The molecule has 4 aromatic rings. The first-order valence-electron chi connectivity index (χ1n) is 12.1. The molecule has 0 aliphatic carbocycles. The summed E-state index contributed by atoms with van der Waals surface area (Å²) in [5.74, 6) is 0.993. The molecule has 35 heavy (non-hydrogen) atoms. The van der Waals surface area contributed by atoms with Crippen molar-refractivity contribution in [1.82, 2.24) is 9.27 Å². The van der Waals surface area contributed by atoms with Gasteiger partial charge in [-0.15, -0.1) is 0 Å². The van der Waals surface area contributed by atoms with Crippen LogP contribution in [-0.4, -0.2) is 54.5 Å². The summed E-state index contributed by atoms with van der Waals surface area (Å²) < 4.78 is 11.5. The average Bonchev–Trinajstić information content (AvgIpc) is 3.33. The lowest BCUT2D eigenvalue weighted by Crippen LogP contribution is -2.47. The van der Waals surface area contributed by atoms with Gasteiger partial charge in [0.1, 0.15) is 12.4 Å². The molecule has 1 aliphatic rings. The number of hydrogen-bond donors (Lipinski definition) is 1. The molecular weight excluding hydrogens is 456 g/mol.